The monoisotopic (exact) mass is 412 g/mol. The Morgan fingerprint density at radius 2 is 1.73 bits per heavy atom. The Hall–Kier alpha value is -3.84. The summed E-state index contributed by atoms with van der Waals surface area (Å²) in [4.78, 5) is 21.7. The predicted molar refractivity (Wildman–Crippen MR) is 116 cm³/mol. The highest BCUT2D eigenvalue weighted by Gasteiger charge is 2.11. The molecule has 0 atom stereocenters. The summed E-state index contributed by atoms with van der Waals surface area (Å²) in [6.45, 7) is 0.516. The number of ether oxygens (including phenoxy) is 1. The summed E-state index contributed by atoms with van der Waals surface area (Å²) in [7, 11) is 0. The van der Waals surface area contributed by atoms with Crippen LogP contribution in [0.1, 0.15) is 11.1 Å². The second kappa shape index (κ2) is 7.88. The molecule has 0 fully saturated rings. The first-order valence-corrected chi connectivity index (χ1v) is 10.2. The van der Waals surface area contributed by atoms with E-state index in [1.165, 1.54) is 15.9 Å². The third-order valence-corrected chi connectivity index (χ3v) is 5.51. The molecular formula is C23H16N4O2S. The SMILES string of the molecule is O=c1/c(=C/c2ccc(OCc3ccccc3)cc2)sc2nc(-c3ccncc3)nn12. The van der Waals surface area contributed by atoms with E-state index in [-0.39, 0.29) is 5.56 Å². The van der Waals surface area contributed by atoms with Crippen LogP contribution in [0.15, 0.2) is 83.9 Å². The van der Waals surface area contributed by atoms with E-state index in [1.54, 1.807) is 12.4 Å². The molecule has 0 aliphatic rings. The van der Waals surface area contributed by atoms with Gasteiger partial charge in [-0.2, -0.15) is 9.50 Å². The fourth-order valence-corrected chi connectivity index (χ4v) is 3.92. The van der Waals surface area contributed by atoms with Gasteiger partial charge in [0.05, 0.1) is 4.53 Å². The van der Waals surface area contributed by atoms with Crippen molar-refractivity contribution in [2.24, 2.45) is 0 Å². The van der Waals surface area contributed by atoms with Crippen molar-refractivity contribution >= 4 is 22.4 Å². The van der Waals surface area contributed by atoms with Gasteiger partial charge in [-0.3, -0.25) is 9.78 Å². The van der Waals surface area contributed by atoms with Crippen molar-refractivity contribution in [3.63, 3.8) is 0 Å². The summed E-state index contributed by atoms with van der Waals surface area (Å²) in [5.74, 6) is 1.30. The molecule has 3 heterocycles. The molecule has 30 heavy (non-hydrogen) atoms. The van der Waals surface area contributed by atoms with E-state index in [2.05, 4.69) is 15.1 Å². The molecule has 7 heteroatoms. The Morgan fingerprint density at radius 1 is 0.967 bits per heavy atom. The average molecular weight is 412 g/mol. The molecule has 0 spiro atoms. The number of hydrogen-bond acceptors (Lipinski definition) is 6. The maximum Gasteiger partial charge on any atom is 0.291 e. The lowest BCUT2D eigenvalue weighted by atomic mass is 10.2. The lowest BCUT2D eigenvalue weighted by Crippen LogP contribution is -2.23. The van der Waals surface area contributed by atoms with Crippen molar-refractivity contribution in [2.75, 3.05) is 0 Å². The van der Waals surface area contributed by atoms with Gasteiger partial charge in [0.15, 0.2) is 5.82 Å². The molecule has 0 amide bonds. The summed E-state index contributed by atoms with van der Waals surface area (Å²) in [6.07, 6.45) is 5.19. The van der Waals surface area contributed by atoms with Crippen molar-refractivity contribution in [3.8, 4) is 17.1 Å². The zero-order valence-corrected chi connectivity index (χ0v) is 16.6. The molecule has 0 bridgehead atoms. The highest BCUT2D eigenvalue weighted by Crippen LogP contribution is 2.16. The summed E-state index contributed by atoms with van der Waals surface area (Å²) < 4.78 is 7.75. The Labute approximate surface area is 175 Å². The fourth-order valence-electron chi connectivity index (χ4n) is 3.01. The van der Waals surface area contributed by atoms with Crippen LogP contribution in [0.25, 0.3) is 22.4 Å². The first kappa shape index (κ1) is 18.2. The molecule has 0 unspecified atom stereocenters. The third-order valence-electron chi connectivity index (χ3n) is 4.55. The normalized spacial score (nSPS) is 11.8. The lowest BCUT2D eigenvalue weighted by Gasteiger charge is -2.06. The van der Waals surface area contributed by atoms with Crippen LogP contribution in [-0.4, -0.2) is 19.6 Å². The molecule has 0 saturated carbocycles. The second-order valence-corrected chi connectivity index (χ2v) is 7.63. The molecule has 0 radical (unpaired) electrons. The van der Waals surface area contributed by atoms with E-state index in [0.717, 1.165) is 22.4 Å². The van der Waals surface area contributed by atoms with Crippen molar-refractivity contribution in [3.05, 3.63) is 105 Å². The first-order valence-electron chi connectivity index (χ1n) is 9.35. The van der Waals surface area contributed by atoms with Gasteiger partial charge in [-0.15, -0.1) is 5.10 Å². The van der Waals surface area contributed by atoms with Crippen molar-refractivity contribution in [1.82, 2.24) is 19.6 Å². The van der Waals surface area contributed by atoms with E-state index in [9.17, 15) is 4.79 Å². The van der Waals surface area contributed by atoms with Crippen LogP contribution in [0.5, 0.6) is 5.75 Å². The number of rotatable bonds is 5. The number of pyridine rings is 1. The molecule has 0 N–H and O–H groups in total. The van der Waals surface area contributed by atoms with E-state index in [0.29, 0.717) is 21.9 Å². The Balaban J connectivity index is 1.37. The molecule has 5 aromatic rings. The van der Waals surface area contributed by atoms with Gasteiger partial charge in [0.25, 0.3) is 5.56 Å². The summed E-state index contributed by atoms with van der Waals surface area (Å²) in [5, 5.41) is 4.35. The minimum atomic E-state index is -0.174. The van der Waals surface area contributed by atoms with Gasteiger partial charge in [0.2, 0.25) is 4.96 Å². The molecule has 0 saturated heterocycles. The smallest absolute Gasteiger partial charge is 0.291 e. The van der Waals surface area contributed by atoms with E-state index in [1.807, 2.05) is 72.8 Å². The molecule has 0 aliphatic heterocycles. The number of thiazole rings is 1. The highest BCUT2D eigenvalue weighted by molar-refractivity contribution is 7.15. The maximum absolute atomic E-state index is 12.7. The van der Waals surface area contributed by atoms with Crippen LogP contribution >= 0.6 is 11.3 Å². The van der Waals surface area contributed by atoms with Crippen LogP contribution in [0.4, 0.5) is 0 Å². The molecular weight excluding hydrogens is 396 g/mol. The lowest BCUT2D eigenvalue weighted by molar-refractivity contribution is 0.306. The van der Waals surface area contributed by atoms with E-state index < -0.39 is 0 Å². The van der Waals surface area contributed by atoms with Gasteiger partial charge in [-0.1, -0.05) is 53.8 Å². The van der Waals surface area contributed by atoms with Crippen LogP contribution < -0.4 is 14.8 Å². The molecule has 0 aliphatic carbocycles. The van der Waals surface area contributed by atoms with Crippen molar-refractivity contribution in [2.45, 2.75) is 6.61 Å². The first-order chi connectivity index (χ1) is 14.8. The number of hydrogen-bond donors (Lipinski definition) is 0. The number of fused-ring (bicyclic) bond motifs is 1. The molecule has 6 nitrogen and oxygen atoms in total. The number of aromatic nitrogens is 4. The minimum absolute atomic E-state index is 0.174. The van der Waals surface area contributed by atoms with Gasteiger partial charge in [0.1, 0.15) is 12.4 Å². The Morgan fingerprint density at radius 3 is 2.47 bits per heavy atom. The van der Waals surface area contributed by atoms with Crippen LogP contribution in [0.2, 0.25) is 0 Å². The van der Waals surface area contributed by atoms with Gasteiger partial charge in [-0.25, -0.2) is 0 Å². The summed E-state index contributed by atoms with van der Waals surface area (Å²) in [6, 6.07) is 21.3. The standard InChI is InChI=1S/C23H16N4O2S/c28-22-20(30-23-25-21(26-27(22)23)18-10-12-24-13-11-18)14-16-6-8-19(9-7-16)29-15-17-4-2-1-3-5-17/h1-14H,15H2/b20-14-. The molecule has 3 aromatic heterocycles. The predicted octanol–water partition coefficient (Wildman–Crippen LogP) is 3.34. The van der Waals surface area contributed by atoms with Crippen LogP contribution in [-0.2, 0) is 6.61 Å². The third kappa shape index (κ3) is 3.70. The van der Waals surface area contributed by atoms with Gasteiger partial charge >= 0.3 is 0 Å². The average Bonchev–Trinajstić information content (AvgIpc) is 3.34. The zero-order chi connectivity index (χ0) is 20.3. The summed E-state index contributed by atoms with van der Waals surface area (Å²) in [5.41, 5.74) is 2.69. The van der Waals surface area contributed by atoms with E-state index in [4.69, 9.17) is 4.74 Å². The Bertz CT molecular complexity index is 1400. The van der Waals surface area contributed by atoms with Crippen molar-refractivity contribution in [1.29, 1.82) is 0 Å². The van der Waals surface area contributed by atoms with E-state index >= 15 is 0 Å². The second-order valence-electron chi connectivity index (χ2n) is 6.62. The fraction of sp³-hybridized carbons (Fsp3) is 0.0435. The number of nitrogens with zero attached hydrogens (tertiary/aromatic N) is 4. The van der Waals surface area contributed by atoms with Gasteiger partial charge in [0, 0.05) is 18.0 Å². The van der Waals surface area contributed by atoms with Crippen LogP contribution in [0, 0.1) is 0 Å². The molecule has 146 valence electrons. The van der Waals surface area contributed by atoms with Gasteiger partial charge in [-0.05, 0) is 41.5 Å². The Kier molecular flexibility index (Phi) is 4.78. The van der Waals surface area contributed by atoms with Gasteiger partial charge < -0.3 is 4.74 Å². The van der Waals surface area contributed by atoms with Crippen molar-refractivity contribution < 1.29 is 4.74 Å². The maximum atomic E-state index is 12.7. The minimum Gasteiger partial charge on any atom is -0.489 e. The molecule has 2 aromatic carbocycles. The topological polar surface area (TPSA) is 69.4 Å². The number of benzene rings is 2. The largest absolute Gasteiger partial charge is 0.489 e. The summed E-state index contributed by atoms with van der Waals surface area (Å²) >= 11 is 1.32. The quantitative estimate of drug-likeness (QED) is 0.443. The zero-order valence-electron chi connectivity index (χ0n) is 15.8. The molecule has 5 rings (SSSR count). The van der Waals surface area contributed by atoms with Crippen LogP contribution in [0.3, 0.4) is 0 Å². The highest BCUT2D eigenvalue weighted by atomic mass is 32.1.